The summed E-state index contributed by atoms with van der Waals surface area (Å²) in [6.45, 7) is 4.52. The molecule has 3 rings (SSSR count). The van der Waals surface area contributed by atoms with Gasteiger partial charge < -0.3 is 5.73 Å². The van der Waals surface area contributed by atoms with Crippen LogP contribution in [-0.2, 0) is 6.54 Å². The SMILES string of the molecule is Cc1cc(=O)n2nc(CN3CCCC(N)C3)sc2n1. The van der Waals surface area contributed by atoms with Gasteiger partial charge in [-0.15, -0.1) is 0 Å². The zero-order valence-corrected chi connectivity index (χ0v) is 11.7. The summed E-state index contributed by atoms with van der Waals surface area (Å²) in [5, 5.41) is 5.27. The minimum absolute atomic E-state index is 0.111. The van der Waals surface area contributed by atoms with Gasteiger partial charge in [-0.05, 0) is 26.3 Å². The second kappa shape index (κ2) is 4.99. The summed E-state index contributed by atoms with van der Waals surface area (Å²) < 4.78 is 1.39. The van der Waals surface area contributed by atoms with Gasteiger partial charge in [0.25, 0.3) is 5.56 Å². The topological polar surface area (TPSA) is 76.5 Å². The quantitative estimate of drug-likeness (QED) is 0.860. The number of rotatable bonds is 2. The number of nitrogens with zero attached hydrogens (tertiary/aromatic N) is 4. The van der Waals surface area contributed by atoms with Crippen LogP contribution in [0.4, 0.5) is 0 Å². The second-order valence-electron chi connectivity index (χ2n) is 5.06. The number of aromatic nitrogens is 3. The number of aryl methyl sites for hydroxylation is 1. The first-order valence-corrected chi connectivity index (χ1v) is 7.28. The molecule has 2 aromatic rings. The number of likely N-dealkylation sites (tertiary alicyclic amines) is 1. The first-order chi connectivity index (χ1) is 9.11. The molecule has 19 heavy (non-hydrogen) atoms. The highest BCUT2D eigenvalue weighted by molar-refractivity contribution is 7.16. The Kier molecular flexibility index (Phi) is 3.34. The van der Waals surface area contributed by atoms with E-state index in [-0.39, 0.29) is 11.6 Å². The summed E-state index contributed by atoms with van der Waals surface area (Å²) in [5.41, 5.74) is 6.60. The van der Waals surface area contributed by atoms with Crippen LogP contribution in [0.25, 0.3) is 4.96 Å². The number of nitrogens with two attached hydrogens (primary N) is 1. The molecular weight excluding hydrogens is 262 g/mol. The van der Waals surface area contributed by atoms with E-state index in [1.807, 2.05) is 6.92 Å². The number of hydrogen-bond donors (Lipinski definition) is 1. The van der Waals surface area contributed by atoms with Crippen molar-refractivity contribution in [3.8, 4) is 0 Å². The maximum Gasteiger partial charge on any atom is 0.275 e. The van der Waals surface area contributed by atoms with Crippen molar-refractivity contribution in [2.24, 2.45) is 5.73 Å². The van der Waals surface area contributed by atoms with Crippen LogP contribution in [0.2, 0.25) is 0 Å². The van der Waals surface area contributed by atoms with Gasteiger partial charge in [0.15, 0.2) is 0 Å². The van der Waals surface area contributed by atoms with E-state index in [9.17, 15) is 4.79 Å². The molecule has 1 fully saturated rings. The van der Waals surface area contributed by atoms with E-state index in [0.29, 0.717) is 4.96 Å². The lowest BCUT2D eigenvalue weighted by molar-refractivity contribution is 0.201. The highest BCUT2D eigenvalue weighted by Gasteiger charge is 2.18. The van der Waals surface area contributed by atoms with Gasteiger partial charge in [-0.3, -0.25) is 9.69 Å². The third-order valence-electron chi connectivity index (χ3n) is 3.32. The Bertz CT molecular complexity index is 649. The maximum absolute atomic E-state index is 11.8. The van der Waals surface area contributed by atoms with Crippen LogP contribution in [0.15, 0.2) is 10.9 Å². The van der Waals surface area contributed by atoms with E-state index < -0.39 is 0 Å². The van der Waals surface area contributed by atoms with Gasteiger partial charge in [0.1, 0.15) is 5.01 Å². The van der Waals surface area contributed by atoms with Crippen molar-refractivity contribution >= 4 is 16.3 Å². The molecule has 0 saturated carbocycles. The Labute approximate surface area is 114 Å². The molecule has 2 N–H and O–H groups in total. The van der Waals surface area contributed by atoms with Crippen molar-refractivity contribution < 1.29 is 0 Å². The Morgan fingerprint density at radius 1 is 1.58 bits per heavy atom. The van der Waals surface area contributed by atoms with Crippen LogP contribution in [-0.4, -0.2) is 38.6 Å². The normalized spacial score (nSPS) is 21.1. The van der Waals surface area contributed by atoms with Crippen molar-refractivity contribution in [1.82, 2.24) is 19.5 Å². The molecule has 1 aliphatic heterocycles. The summed E-state index contributed by atoms with van der Waals surface area (Å²) in [4.78, 5) is 19.1. The molecular formula is C12H17N5OS. The van der Waals surface area contributed by atoms with Gasteiger partial charge in [-0.1, -0.05) is 11.3 Å². The minimum atomic E-state index is -0.111. The molecule has 7 heteroatoms. The molecule has 1 unspecified atom stereocenters. The average molecular weight is 279 g/mol. The molecule has 0 amide bonds. The minimum Gasteiger partial charge on any atom is -0.327 e. The lowest BCUT2D eigenvalue weighted by atomic mass is 10.1. The molecule has 1 atom stereocenters. The Morgan fingerprint density at radius 3 is 3.21 bits per heavy atom. The van der Waals surface area contributed by atoms with Crippen molar-refractivity contribution in [3.63, 3.8) is 0 Å². The molecule has 6 nitrogen and oxygen atoms in total. The monoisotopic (exact) mass is 279 g/mol. The number of fused-ring (bicyclic) bond motifs is 1. The Morgan fingerprint density at radius 2 is 2.42 bits per heavy atom. The summed E-state index contributed by atoms with van der Waals surface area (Å²) in [6.07, 6.45) is 2.22. The predicted molar refractivity (Wildman–Crippen MR) is 74.4 cm³/mol. The smallest absolute Gasteiger partial charge is 0.275 e. The van der Waals surface area contributed by atoms with Crippen LogP contribution in [0.3, 0.4) is 0 Å². The van der Waals surface area contributed by atoms with E-state index in [1.54, 1.807) is 0 Å². The molecule has 3 heterocycles. The largest absolute Gasteiger partial charge is 0.327 e. The second-order valence-corrected chi connectivity index (χ2v) is 6.10. The summed E-state index contributed by atoms with van der Waals surface area (Å²) in [5.74, 6) is 0. The predicted octanol–water partition coefficient (Wildman–Crippen LogP) is 0.383. The first-order valence-electron chi connectivity index (χ1n) is 6.46. The van der Waals surface area contributed by atoms with E-state index in [4.69, 9.17) is 5.73 Å². The van der Waals surface area contributed by atoms with Crippen LogP contribution in [0.5, 0.6) is 0 Å². The fourth-order valence-corrected chi connectivity index (χ4v) is 3.44. The fraction of sp³-hybridized carbons (Fsp3) is 0.583. The van der Waals surface area contributed by atoms with Crippen LogP contribution >= 0.6 is 11.3 Å². The van der Waals surface area contributed by atoms with E-state index in [2.05, 4.69) is 15.0 Å². The molecule has 0 aromatic carbocycles. The third-order valence-corrected chi connectivity index (χ3v) is 4.21. The fourth-order valence-electron chi connectivity index (χ4n) is 2.45. The third kappa shape index (κ3) is 2.68. The Hall–Kier alpha value is -1.31. The van der Waals surface area contributed by atoms with E-state index in [0.717, 1.165) is 43.2 Å². The molecule has 102 valence electrons. The van der Waals surface area contributed by atoms with E-state index >= 15 is 0 Å². The van der Waals surface area contributed by atoms with Crippen molar-refractivity contribution in [2.75, 3.05) is 13.1 Å². The Balaban J connectivity index is 1.85. The standard InChI is InChI=1S/C12H17N5OS/c1-8-5-11(18)17-12(14-8)19-10(15-17)7-16-4-2-3-9(13)6-16/h5,9H,2-4,6-7,13H2,1H3. The zero-order valence-electron chi connectivity index (χ0n) is 10.9. The molecule has 1 aliphatic rings. The molecule has 2 aromatic heterocycles. The van der Waals surface area contributed by atoms with Crippen LogP contribution in [0.1, 0.15) is 23.5 Å². The average Bonchev–Trinajstić information content (AvgIpc) is 2.71. The van der Waals surface area contributed by atoms with Gasteiger partial charge in [0.05, 0.1) is 6.54 Å². The molecule has 0 spiro atoms. The van der Waals surface area contributed by atoms with Crippen molar-refractivity contribution in [3.05, 3.63) is 27.1 Å². The van der Waals surface area contributed by atoms with E-state index in [1.165, 1.54) is 21.9 Å². The molecule has 0 aliphatic carbocycles. The first kappa shape index (κ1) is 12.7. The molecule has 0 radical (unpaired) electrons. The van der Waals surface area contributed by atoms with Crippen LogP contribution < -0.4 is 11.3 Å². The van der Waals surface area contributed by atoms with Gasteiger partial charge in [0, 0.05) is 24.3 Å². The van der Waals surface area contributed by atoms with Crippen molar-refractivity contribution in [1.29, 1.82) is 0 Å². The molecule has 1 saturated heterocycles. The zero-order chi connectivity index (χ0) is 13.4. The van der Waals surface area contributed by atoms with Gasteiger partial charge >= 0.3 is 0 Å². The molecule has 0 bridgehead atoms. The lowest BCUT2D eigenvalue weighted by Gasteiger charge is -2.29. The number of piperidine rings is 1. The maximum atomic E-state index is 11.8. The summed E-state index contributed by atoms with van der Waals surface area (Å²) in [7, 11) is 0. The van der Waals surface area contributed by atoms with Crippen molar-refractivity contribution in [2.45, 2.75) is 32.4 Å². The number of hydrogen-bond acceptors (Lipinski definition) is 6. The highest BCUT2D eigenvalue weighted by atomic mass is 32.1. The van der Waals surface area contributed by atoms with Gasteiger partial charge in [-0.2, -0.15) is 9.61 Å². The summed E-state index contributed by atoms with van der Waals surface area (Å²) in [6, 6.07) is 1.76. The lowest BCUT2D eigenvalue weighted by Crippen LogP contribution is -2.42. The van der Waals surface area contributed by atoms with Crippen LogP contribution in [0, 0.1) is 6.92 Å². The highest BCUT2D eigenvalue weighted by Crippen LogP contribution is 2.16. The summed E-state index contributed by atoms with van der Waals surface area (Å²) >= 11 is 1.48. The van der Waals surface area contributed by atoms with Gasteiger partial charge in [-0.25, -0.2) is 4.98 Å². The van der Waals surface area contributed by atoms with Gasteiger partial charge in [0.2, 0.25) is 4.96 Å².